The Bertz CT molecular complexity index is 1570. The summed E-state index contributed by atoms with van der Waals surface area (Å²) in [4.78, 5) is 29.6. The first kappa shape index (κ1) is 27.5. The molecule has 6 nitrogen and oxygen atoms in total. The zero-order chi connectivity index (χ0) is 28.2. The second kappa shape index (κ2) is 12.0. The minimum absolute atomic E-state index is 0.119. The van der Waals surface area contributed by atoms with E-state index in [1.165, 1.54) is 12.8 Å². The van der Waals surface area contributed by atoms with Crippen LogP contribution >= 0.6 is 0 Å². The summed E-state index contributed by atoms with van der Waals surface area (Å²) in [6.07, 6.45) is 5.10. The first-order valence-corrected chi connectivity index (χ1v) is 14.2. The Hall–Kier alpha value is -4.06. The number of fused-ring (bicyclic) bond motifs is 2. The fourth-order valence-electron chi connectivity index (χ4n) is 5.43. The summed E-state index contributed by atoms with van der Waals surface area (Å²) in [6.45, 7) is 7.17. The molecule has 0 N–H and O–H groups in total. The van der Waals surface area contributed by atoms with E-state index in [1.807, 2.05) is 74.5 Å². The molecular weight excluding hydrogens is 502 g/mol. The van der Waals surface area contributed by atoms with Gasteiger partial charge in [0.2, 0.25) is 5.76 Å². The number of carbonyl (C=O) groups is 1. The summed E-state index contributed by atoms with van der Waals surface area (Å²) < 4.78 is 17.9. The number of ether oxygens (including phenoxy) is 2. The molecule has 6 heteroatoms. The van der Waals surface area contributed by atoms with Gasteiger partial charge in [0.1, 0.15) is 5.58 Å². The summed E-state index contributed by atoms with van der Waals surface area (Å²) >= 11 is 0. The molecule has 0 fully saturated rings. The van der Waals surface area contributed by atoms with E-state index in [0.717, 1.165) is 35.1 Å². The Balaban J connectivity index is 1.56. The first-order valence-electron chi connectivity index (χ1n) is 14.2. The monoisotopic (exact) mass is 539 g/mol. The van der Waals surface area contributed by atoms with Crippen LogP contribution in [0.15, 0.2) is 69.9 Å². The number of methoxy groups -OCH3 is 1. The summed E-state index contributed by atoms with van der Waals surface area (Å²) in [6, 6.07) is 18.8. The van der Waals surface area contributed by atoms with E-state index in [1.54, 1.807) is 12.0 Å². The van der Waals surface area contributed by atoms with Crippen LogP contribution in [-0.4, -0.2) is 31.1 Å². The van der Waals surface area contributed by atoms with Crippen LogP contribution in [-0.2, 0) is 6.42 Å². The molecule has 2 heterocycles. The van der Waals surface area contributed by atoms with E-state index in [9.17, 15) is 9.59 Å². The second-order valence-electron chi connectivity index (χ2n) is 10.6. The first-order chi connectivity index (χ1) is 19.4. The molecule has 0 spiro atoms. The van der Waals surface area contributed by atoms with Gasteiger partial charge in [-0.05, 0) is 73.2 Å². The highest BCUT2D eigenvalue weighted by Crippen LogP contribution is 2.41. The van der Waals surface area contributed by atoms with Crippen molar-refractivity contribution in [3.8, 4) is 11.5 Å². The summed E-state index contributed by atoms with van der Waals surface area (Å²) in [5.41, 5.74) is 4.56. The number of carbonyl (C=O) groups excluding carboxylic acids is 1. The Kier molecular flexibility index (Phi) is 8.24. The van der Waals surface area contributed by atoms with E-state index in [2.05, 4.69) is 6.92 Å². The average Bonchev–Trinajstić information content (AvgIpc) is 3.24. The van der Waals surface area contributed by atoms with Crippen LogP contribution < -0.4 is 14.9 Å². The molecule has 1 aliphatic heterocycles. The number of hydrogen-bond acceptors (Lipinski definition) is 5. The van der Waals surface area contributed by atoms with Crippen molar-refractivity contribution in [3.63, 3.8) is 0 Å². The molecule has 0 saturated heterocycles. The standard InChI is InChI=1S/C34H37NO5/c1-5-6-7-11-18-39-27-15-14-25(21-29(27)38-4)31-30-32(36)26-19-22(2)23(3)20-28(26)40-33(30)34(37)35(31)17-16-24-12-9-8-10-13-24/h8-10,12-15,19-21,31H,5-7,11,16-18H2,1-4H3. The lowest BCUT2D eigenvalue weighted by molar-refractivity contribution is 0.0730. The van der Waals surface area contributed by atoms with Gasteiger partial charge in [-0.25, -0.2) is 0 Å². The van der Waals surface area contributed by atoms with Crippen molar-refractivity contribution in [3.05, 3.63) is 104 Å². The van der Waals surface area contributed by atoms with Crippen molar-refractivity contribution in [2.45, 2.75) is 58.9 Å². The van der Waals surface area contributed by atoms with Crippen molar-refractivity contribution in [1.82, 2.24) is 4.90 Å². The van der Waals surface area contributed by atoms with Crippen LogP contribution in [0.3, 0.4) is 0 Å². The molecule has 40 heavy (non-hydrogen) atoms. The molecule has 0 bridgehead atoms. The zero-order valence-corrected chi connectivity index (χ0v) is 23.8. The lowest BCUT2D eigenvalue weighted by Gasteiger charge is -2.26. The molecule has 1 aliphatic rings. The van der Waals surface area contributed by atoms with Gasteiger partial charge in [0.15, 0.2) is 16.9 Å². The van der Waals surface area contributed by atoms with Crippen molar-refractivity contribution in [2.24, 2.45) is 0 Å². The third-order valence-electron chi connectivity index (χ3n) is 7.83. The van der Waals surface area contributed by atoms with E-state index in [-0.39, 0.29) is 17.1 Å². The maximum absolute atomic E-state index is 14.0. The van der Waals surface area contributed by atoms with Crippen LogP contribution in [0.25, 0.3) is 11.0 Å². The van der Waals surface area contributed by atoms with Gasteiger partial charge in [0, 0.05) is 6.54 Å². The van der Waals surface area contributed by atoms with Gasteiger partial charge in [0.25, 0.3) is 5.91 Å². The Morgan fingerprint density at radius 1 is 0.900 bits per heavy atom. The van der Waals surface area contributed by atoms with E-state index >= 15 is 0 Å². The normalized spacial score (nSPS) is 14.6. The van der Waals surface area contributed by atoms with Crippen LogP contribution in [0.2, 0.25) is 0 Å². The third-order valence-corrected chi connectivity index (χ3v) is 7.83. The molecule has 1 aromatic heterocycles. The molecule has 4 aromatic rings. The molecule has 0 radical (unpaired) electrons. The minimum Gasteiger partial charge on any atom is -0.493 e. The third kappa shape index (κ3) is 5.35. The quantitative estimate of drug-likeness (QED) is 0.189. The number of benzene rings is 3. The topological polar surface area (TPSA) is 69.0 Å². The Morgan fingerprint density at radius 2 is 1.68 bits per heavy atom. The van der Waals surface area contributed by atoms with Crippen molar-refractivity contribution in [2.75, 3.05) is 20.3 Å². The molecule has 5 rings (SSSR count). The maximum atomic E-state index is 14.0. The summed E-state index contributed by atoms with van der Waals surface area (Å²) in [7, 11) is 1.61. The van der Waals surface area contributed by atoms with Crippen molar-refractivity contribution in [1.29, 1.82) is 0 Å². The minimum atomic E-state index is -0.596. The van der Waals surface area contributed by atoms with Gasteiger partial charge in [-0.1, -0.05) is 62.6 Å². The van der Waals surface area contributed by atoms with Gasteiger partial charge in [0.05, 0.1) is 30.7 Å². The molecule has 3 aromatic carbocycles. The van der Waals surface area contributed by atoms with E-state index in [4.69, 9.17) is 13.9 Å². The van der Waals surface area contributed by atoms with Crippen LogP contribution in [0, 0.1) is 13.8 Å². The number of nitrogens with zero attached hydrogens (tertiary/aromatic N) is 1. The number of amides is 1. The fraction of sp³-hybridized carbons (Fsp3) is 0.353. The molecule has 0 aliphatic carbocycles. The zero-order valence-electron chi connectivity index (χ0n) is 23.8. The number of rotatable bonds is 11. The molecular formula is C34H37NO5. The Morgan fingerprint density at radius 3 is 2.42 bits per heavy atom. The van der Waals surface area contributed by atoms with Crippen molar-refractivity contribution >= 4 is 16.9 Å². The summed E-state index contributed by atoms with van der Waals surface area (Å²) in [5, 5.41) is 0.489. The van der Waals surface area contributed by atoms with Gasteiger partial charge >= 0.3 is 0 Å². The fourth-order valence-corrected chi connectivity index (χ4v) is 5.43. The smallest absolute Gasteiger partial charge is 0.290 e. The molecule has 1 amide bonds. The number of aryl methyl sites for hydroxylation is 2. The molecule has 0 saturated carbocycles. The summed E-state index contributed by atoms with van der Waals surface area (Å²) in [5.74, 6) is 1.07. The van der Waals surface area contributed by atoms with Gasteiger partial charge in [-0.15, -0.1) is 0 Å². The number of hydrogen-bond donors (Lipinski definition) is 0. The van der Waals surface area contributed by atoms with Crippen LogP contribution in [0.4, 0.5) is 0 Å². The largest absolute Gasteiger partial charge is 0.493 e. The van der Waals surface area contributed by atoms with Gasteiger partial charge in [-0.3, -0.25) is 9.59 Å². The highest BCUT2D eigenvalue weighted by atomic mass is 16.5. The van der Waals surface area contributed by atoms with E-state index in [0.29, 0.717) is 47.6 Å². The predicted molar refractivity (Wildman–Crippen MR) is 158 cm³/mol. The van der Waals surface area contributed by atoms with Crippen molar-refractivity contribution < 1.29 is 18.7 Å². The lowest BCUT2D eigenvalue weighted by Crippen LogP contribution is -2.31. The maximum Gasteiger partial charge on any atom is 0.290 e. The van der Waals surface area contributed by atoms with Crippen LogP contribution in [0.5, 0.6) is 11.5 Å². The van der Waals surface area contributed by atoms with Gasteiger partial charge in [-0.2, -0.15) is 0 Å². The highest BCUT2D eigenvalue weighted by molar-refractivity contribution is 5.99. The lowest BCUT2D eigenvalue weighted by atomic mass is 9.97. The SMILES string of the molecule is CCCCCCOc1ccc(C2c3c(oc4cc(C)c(C)cc4c3=O)C(=O)N2CCc2ccccc2)cc1OC. The van der Waals surface area contributed by atoms with Crippen LogP contribution in [0.1, 0.15) is 77.0 Å². The molecule has 1 atom stereocenters. The second-order valence-corrected chi connectivity index (χ2v) is 10.6. The Labute approximate surface area is 235 Å². The highest BCUT2D eigenvalue weighted by Gasteiger charge is 2.42. The molecule has 208 valence electrons. The van der Waals surface area contributed by atoms with Gasteiger partial charge < -0.3 is 18.8 Å². The average molecular weight is 540 g/mol. The van der Waals surface area contributed by atoms with E-state index < -0.39 is 6.04 Å². The molecule has 1 unspecified atom stereocenters. The number of unbranched alkanes of at least 4 members (excludes halogenated alkanes) is 3. The predicted octanol–water partition coefficient (Wildman–Crippen LogP) is 7.17.